The van der Waals surface area contributed by atoms with Gasteiger partial charge < -0.3 is 16.0 Å². The van der Waals surface area contributed by atoms with Crippen LogP contribution in [0.5, 0.6) is 0 Å². The minimum Gasteiger partial charge on any atom is -0.374 e. The first-order valence-corrected chi connectivity index (χ1v) is 8.92. The maximum atomic E-state index is 12.4. The lowest BCUT2D eigenvalue weighted by atomic mass is 10.1. The fourth-order valence-electron chi connectivity index (χ4n) is 2.68. The number of benzene rings is 2. The van der Waals surface area contributed by atoms with Crippen molar-refractivity contribution in [3.63, 3.8) is 0 Å². The van der Waals surface area contributed by atoms with E-state index in [1.54, 1.807) is 25.2 Å². The van der Waals surface area contributed by atoms with E-state index >= 15 is 0 Å². The van der Waals surface area contributed by atoms with Crippen molar-refractivity contribution < 1.29 is 9.59 Å². The van der Waals surface area contributed by atoms with Gasteiger partial charge >= 0.3 is 0 Å². The van der Waals surface area contributed by atoms with Gasteiger partial charge in [0.1, 0.15) is 6.04 Å². The molecule has 2 rings (SSSR count). The van der Waals surface area contributed by atoms with Crippen LogP contribution in [0.4, 0.5) is 5.69 Å². The van der Waals surface area contributed by atoms with Gasteiger partial charge in [-0.3, -0.25) is 9.59 Å². The third-order valence-electron chi connectivity index (χ3n) is 4.23. The molecule has 0 heterocycles. The van der Waals surface area contributed by atoms with E-state index in [1.807, 2.05) is 38.1 Å². The summed E-state index contributed by atoms with van der Waals surface area (Å²) >= 11 is 0. The van der Waals surface area contributed by atoms with Gasteiger partial charge in [-0.05, 0) is 50.5 Å². The SMILES string of the molecule is CNC(=O)c1cccc(N[C@@H](C)C(=O)N[C@@H](C)CCc2ccccc2)c1. The second-order valence-electron chi connectivity index (χ2n) is 6.46. The Morgan fingerprint density at radius 3 is 2.42 bits per heavy atom. The van der Waals surface area contributed by atoms with Crippen LogP contribution < -0.4 is 16.0 Å². The fraction of sp³-hybridized carbons (Fsp3) is 0.333. The van der Waals surface area contributed by atoms with Gasteiger partial charge in [-0.1, -0.05) is 36.4 Å². The number of aryl methyl sites for hydroxylation is 1. The topological polar surface area (TPSA) is 70.2 Å². The first-order chi connectivity index (χ1) is 12.5. The average Bonchev–Trinajstić information content (AvgIpc) is 2.66. The maximum Gasteiger partial charge on any atom is 0.251 e. The first kappa shape index (κ1) is 19.5. The molecule has 0 radical (unpaired) electrons. The molecule has 3 N–H and O–H groups in total. The van der Waals surface area contributed by atoms with Crippen molar-refractivity contribution in [1.82, 2.24) is 10.6 Å². The lowest BCUT2D eigenvalue weighted by molar-refractivity contribution is -0.122. The van der Waals surface area contributed by atoms with Crippen LogP contribution >= 0.6 is 0 Å². The molecule has 0 aliphatic heterocycles. The quantitative estimate of drug-likeness (QED) is 0.683. The molecule has 2 amide bonds. The fourth-order valence-corrected chi connectivity index (χ4v) is 2.68. The van der Waals surface area contributed by atoms with Crippen LogP contribution in [0.3, 0.4) is 0 Å². The van der Waals surface area contributed by atoms with Crippen LogP contribution in [0.25, 0.3) is 0 Å². The molecule has 0 saturated carbocycles. The summed E-state index contributed by atoms with van der Waals surface area (Å²) in [6, 6.07) is 17.0. The van der Waals surface area contributed by atoms with Gasteiger partial charge in [-0.25, -0.2) is 0 Å². The summed E-state index contributed by atoms with van der Waals surface area (Å²) in [5.74, 6) is -0.212. The molecule has 5 nitrogen and oxygen atoms in total. The van der Waals surface area contributed by atoms with E-state index in [0.29, 0.717) is 5.56 Å². The zero-order valence-corrected chi connectivity index (χ0v) is 15.6. The largest absolute Gasteiger partial charge is 0.374 e. The molecule has 0 spiro atoms. The average molecular weight is 353 g/mol. The number of carbonyl (C=O) groups is 2. The standard InChI is InChI=1S/C21H27N3O2/c1-15(12-13-17-8-5-4-6-9-17)23-20(25)16(2)24-19-11-7-10-18(14-19)21(26)22-3/h4-11,14-16,24H,12-13H2,1-3H3,(H,22,26)(H,23,25)/t15-,16-/m0/s1. The number of rotatable bonds is 8. The number of nitrogens with one attached hydrogen (secondary N) is 3. The summed E-state index contributed by atoms with van der Waals surface area (Å²) in [5.41, 5.74) is 2.57. The highest BCUT2D eigenvalue weighted by Gasteiger charge is 2.15. The van der Waals surface area contributed by atoms with E-state index in [1.165, 1.54) is 5.56 Å². The van der Waals surface area contributed by atoms with E-state index in [9.17, 15) is 9.59 Å². The van der Waals surface area contributed by atoms with Crippen LogP contribution in [0.2, 0.25) is 0 Å². The summed E-state index contributed by atoms with van der Waals surface area (Å²) in [4.78, 5) is 24.1. The first-order valence-electron chi connectivity index (χ1n) is 8.92. The van der Waals surface area contributed by atoms with E-state index in [4.69, 9.17) is 0 Å². The van der Waals surface area contributed by atoms with Crippen LogP contribution in [-0.2, 0) is 11.2 Å². The Balaban J connectivity index is 1.84. The normalized spacial score (nSPS) is 12.7. The summed E-state index contributed by atoms with van der Waals surface area (Å²) < 4.78 is 0. The summed E-state index contributed by atoms with van der Waals surface area (Å²) in [7, 11) is 1.59. The van der Waals surface area contributed by atoms with Crippen molar-refractivity contribution >= 4 is 17.5 Å². The molecule has 0 saturated heterocycles. The molecule has 0 aliphatic carbocycles. The molecular weight excluding hydrogens is 326 g/mol. The van der Waals surface area contributed by atoms with E-state index in [2.05, 4.69) is 28.1 Å². The Labute approximate surface area is 155 Å². The molecule has 0 bridgehead atoms. The van der Waals surface area contributed by atoms with Gasteiger partial charge in [0.05, 0.1) is 0 Å². The lowest BCUT2D eigenvalue weighted by Gasteiger charge is -2.19. The Kier molecular flexibility index (Phi) is 7.21. The minimum atomic E-state index is -0.394. The van der Waals surface area contributed by atoms with E-state index < -0.39 is 6.04 Å². The van der Waals surface area contributed by atoms with Crippen molar-refractivity contribution in [3.8, 4) is 0 Å². The number of carbonyl (C=O) groups excluding carboxylic acids is 2. The smallest absolute Gasteiger partial charge is 0.251 e. The zero-order chi connectivity index (χ0) is 18.9. The Morgan fingerprint density at radius 2 is 1.73 bits per heavy atom. The van der Waals surface area contributed by atoms with Gasteiger partial charge in [0.15, 0.2) is 0 Å². The Morgan fingerprint density at radius 1 is 1.00 bits per heavy atom. The van der Waals surface area contributed by atoms with Crippen molar-refractivity contribution in [1.29, 1.82) is 0 Å². The monoisotopic (exact) mass is 353 g/mol. The number of amides is 2. The van der Waals surface area contributed by atoms with Gasteiger partial charge in [0.2, 0.25) is 5.91 Å². The van der Waals surface area contributed by atoms with Crippen LogP contribution in [0.1, 0.15) is 36.2 Å². The molecule has 0 unspecified atom stereocenters. The summed E-state index contributed by atoms with van der Waals surface area (Å²) in [6.45, 7) is 3.82. The predicted octanol–water partition coefficient (Wildman–Crippen LogP) is 2.98. The number of hydrogen-bond acceptors (Lipinski definition) is 3. The molecule has 0 fully saturated rings. The summed E-state index contributed by atoms with van der Waals surface area (Å²) in [6.07, 6.45) is 1.81. The van der Waals surface area contributed by atoms with Gasteiger partial charge in [0, 0.05) is 24.3 Å². The third-order valence-corrected chi connectivity index (χ3v) is 4.23. The van der Waals surface area contributed by atoms with Gasteiger partial charge in [0.25, 0.3) is 5.91 Å². The molecule has 2 aromatic rings. The maximum absolute atomic E-state index is 12.4. The predicted molar refractivity (Wildman–Crippen MR) is 105 cm³/mol. The molecular formula is C21H27N3O2. The number of hydrogen-bond donors (Lipinski definition) is 3. The Hall–Kier alpha value is -2.82. The molecule has 2 aromatic carbocycles. The Bertz CT molecular complexity index is 731. The van der Waals surface area contributed by atoms with Crippen LogP contribution in [-0.4, -0.2) is 30.9 Å². The lowest BCUT2D eigenvalue weighted by Crippen LogP contribution is -2.42. The highest BCUT2D eigenvalue weighted by atomic mass is 16.2. The minimum absolute atomic E-state index is 0.0593. The zero-order valence-electron chi connectivity index (χ0n) is 15.6. The van der Waals surface area contributed by atoms with Gasteiger partial charge in [-0.2, -0.15) is 0 Å². The highest BCUT2D eigenvalue weighted by Crippen LogP contribution is 2.12. The molecule has 2 atom stereocenters. The van der Waals surface area contributed by atoms with Crippen molar-refractivity contribution in [2.24, 2.45) is 0 Å². The highest BCUT2D eigenvalue weighted by molar-refractivity contribution is 5.95. The van der Waals surface area contributed by atoms with Gasteiger partial charge in [-0.15, -0.1) is 0 Å². The second-order valence-corrected chi connectivity index (χ2v) is 6.46. The van der Waals surface area contributed by atoms with Crippen molar-refractivity contribution in [2.75, 3.05) is 12.4 Å². The van der Waals surface area contributed by atoms with E-state index in [-0.39, 0.29) is 17.9 Å². The van der Waals surface area contributed by atoms with Crippen molar-refractivity contribution in [2.45, 2.75) is 38.8 Å². The van der Waals surface area contributed by atoms with E-state index in [0.717, 1.165) is 18.5 Å². The number of anilines is 1. The third kappa shape index (κ3) is 5.92. The molecule has 0 aromatic heterocycles. The molecule has 0 aliphatic rings. The van der Waals surface area contributed by atoms with Crippen molar-refractivity contribution in [3.05, 3.63) is 65.7 Å². The van der Waals surface area contributed by atoms with Crippen LogP contribution in [0, 0.1) is 0 Å². The molecule has 138 valence electrons. The van der Waals surface area contributed by atoms with Crippen LogP contribution in [0.15, 0.2) is 54.6 Å². The summed E-state index contributed by atoms with van der Waals surface area (Å²) in [5, 5.41) is 8.78. The molecule has 26 heavy (non-hydrogen) atoms. The molecule has 5 heteroatoms. The second kappa shape index (κ2) is 9.61.